The van der Waals surface area contributed by atoms with Gasteiger partial charge in [-0.05, 0) is 43.0 Å². The van der Waals surface area contributed by atoms with E-state index in [0.29, 0.717) is 11.5 Å². The van der Waals surface area contributed by atoms with Crippen molar-refractivity contribution in [2.75, 3.05) is 0 Å². The Balaban J connectivity index is 1.55. The standard InChI is InChI=1S/C16H18N4O2/c1-2-10-3-5-12(6-4-10)15(21)19-20-16(22)14-9-13(17-18-14)11-7-8-11/h3-6,9,11H,2,7-8H2,1H3,(H,17,18)(H,19,21)(H,20,22). The van der Waals surface area contributed by atoms with Gasteiger partial charge in [0.15, 0.2) is 5.69 Å². The average molecular weight is 298 g/mol. The summed E-state index contributed by atoms with van der Waals surface area (Å²) in [6.45, 7) is 2.05. The quantitative estimate of drug-likeness (QED) is 0.754. The van der Waals surface area contributed by atoms with Crippen molar-refractivity contribution in [2.24, 2.45) is 0 Å². The number of H-pyrrole nitrogens is 1. The van der Waals surface area contributed by atoms with Gasteiger partial charge in [0.25, 0.3) is 11.8 Å². The fourth-order valence-corrected chi connectivity index (χ4v) is 2.20. The van der Waals surface area contributed by atoms with Crippen molar-refractivity contribution in [3.05, 3.63) is 52.8 Å². The van der Waals surface area contributed by atoms with Gasteiger partial charge < -0.3 is 0 Å². The molecule has 6 nitrogen and oxygen atoms in total. The van der Waals surface area contributed by atoms with Gasteiger partial charge in [0.2, 0.25) is 0 Å². The van der Waals surface area contributed by atoms with E-state index in [1.807, 2.05) is 12.1 Å². The first-order chi connectivity index (χ1) is 10.7. The zero-order chi connectivity index (χ0) is 15.5. The predicted molar refractivity (Wildman–Crippen MR) is 81.3 cm³/mol. The second-order valence-corrected chi connectivity index (χ2v) is 5.44. The number of benzene rings is 1. The van der Waals surface area contributed by atoms with Crippen LogP contribution in [0.4, 0.5) is 0 Å². The number of aryl methyl sites for hydroxylation is 1. The lowest BCUT2D eigenvalue weighted by atomic mass is 10.1. The number of hydrogen-bond donors (Lipinski definition) is 3. The molecule has 0 bridgehead atoms. The number of carbonyl (C=O) groups is 2. The molecule has 3 N–H and O–H groups in total. The second kappa shape index (κ2) is 6.01. The molecule has 0 unspecified atom stereocenters. The Kier molecular flexibility index (Phi) is 3.91. The molecule has 1 aliphatic carbocycles. The average Bonchev–Trinajstić information content (AvgIpc) is 3.29. The van der Waals surface area contributed by atoms with Crippen LogP contribution in [0.15, 0.2) is 30.3 Å². The smallest absolute Gasteiger partial charge is 0.281 e. The van der Waals surface area contributed by atoms with E-state index >= 15 is 0 Å². The third-order valence-electron chi connectivity index (χ3n) is 3.76. The molecule has 1 aromatic carbocycles. The number of aromatic nitrogens is 2. The van der Waals surface area contributed by atoms with Gasteiger partial charge in [0.05, 0.1) is 0 Å². The third-order valence-corrected chi connectivity index (χ3v) is 3.76. The summed E-state index contributed by atoms with van der Waals surface area (Å²) in [4.78, 5) is 23.9. The maximum Gasteiger partial charge on any atom is 0.290 e. The number of hydrazine groups is 1. The molecule has 22 heavy (non-hydrogen) atoms. The normalized spacial score (nSPS) is 13.7. The molecule has 0 saturated heterocycles. The van der Waals surface area contributed by atoms with Crippen LogP contribution in [0.3, 0.4) is 0 Å². The minimum Gasteiger partial charge on any atom is -0.281 e. The topological polar surface area (TPSA) is 86.9 Å². The fourth-order valence-electron chi connectivity index (χ4n) is 2.20. The highest BCUT2D eigenvalue weighted by Crippen LogP contribution is 2.38. The van der Waals surface area contributed by atoms with Crippen LogP contribution in [0.2, 0.25) is 0 Å². The van der Waals surface area contributed by atoms with E-state index < -0.39 is 5.91 Å². The highest BCUT2D eigenvalue weighted by molar-refractivity contribution is 5.98. The van der Waals surface area contributed by atoms with Gasteiger partial charge in [-0.1, -0.05) is 19.1 Å². The van der Waals surface area contributed by atoms with E-state index in [4.69, 9.17) is 0 Å². The van der Waals surface area contributed by atoms with Crippen molar-refractivity contribution in [2.45, 2.75) is 32.1 Å². The number of aromatic amines is 1. The lowest BCUT2D eigenvalue weighted by molar-refractivity contribution is 0.0844. The van der Waals surface area contributed by atoms with Crippen molar-refractivity contribution >= 4 is 11.8 Å². The third kappa shape index (κ3) is 3.16. The number of hydrogen-bond acceptors (Lipinski definition) is 3. The summed E-state index contributed by atoms with van der Waals surface area (Å²) >= 11 is 0. The summed E-state index contributed by atoms with van der Waals surface area (Å²) in [6, 6.07) is 8.99. The van der Waals surface area contributed by atoms with Crippen LogP contribution in [0.1, 0.15) is 57.8 Å². The zero-order valence-corrected chi connectivity index (χ0v) is 12.3. The van der Waals surface area contributed by atoms with Crippen molar-refractivity contribution in [3.63, 3.8) is 0 Å². The highest BCUT2D eigenvalue weighted by atomic mass is 16.2. The van der Waals surface area contributed by atoms with E-state index in [9.17, 15) is 9.59 Å². The Hall–Kier alpha value is -2.63. The minimum atomic E-state index is -0.429. The van der Waals surface area contributed by atoms with Crippen molar-refractivity contribution in [1.29, 1.82) is 0 Å². The lowest BCUT2D eigenvalue weighted by Crippen LogP contribution is -2.41. The first-order valence-corrected chi connectivity index (χ1v) is 7.42. The van der Waals surface area contributed by atoms with Crippen LogP contribution >= 0.6 is 0 Å². The molecule has 6 heteroatoms. The molecule has 1 saturated carbocycles. The Bertz CT molecular complexity index is 686. The maximum atomic E-state index is 11.9. The summed E-state index contributed by atoms with van der Waals surface area (Å²) in [7, 11) is 0. The Morgan fingerprint density at radius 1 is 1.18 bits per heavy atom. The number of amides is 2. The zero-order valence-electron chi connectivity index (χ0n) is 12.3. The molecule has 1 aromatic heterocycles. The molecule has 114 valence electrons. The summed E-state index contributed by atoms with van der Waals surface area (Å²) in [6.07, 6.45) is 3.18. The number of nitrogens with one attached hydrogen (secondary N) is 3. The molecule has 2 amide bonds. The van der Waals surface area contributed by atoms with Gasteiger partial charge >= 0.3 is 0 Å². The Labute approximate surface area is 128 Å². The first kappa shape index (κ1) is 14.3. The van der Waals surface area contributed by atoms with Gasteiger partial charge in [-0.2, -0.15) is 5.10 Å². The molecule has 2 aromatic rings. The van der Waals surface area contributed by atoms with Gasteiger partial charge in [-0.3, -0.25) is 25.5 Å². The number of nitrogens with zero attached hydrogens (tertiary/aromatic N) is 1. The molecule has 1 aliphatic rings. The monoisotopic (exact) mass is 298 g/mol. The van der Waals surface area contributed by atoms with Crippen LogP contribution in [0.5, 0.6) is 0 Å². The number of rotatable bonds is 4. The Morgan fingerprint density at radius 3 is 2.50 bits per heavy atom. The first-order valence-electron chi connectivity index (χ1n) is 7.42. The SMILES string of the molecule is CCc1ccc(C(=O)NNC(=O)c2cc(C3CC3)[nH]n2)cc1. The molecule has 1 heterocycles. The molecule has 0 spiro atoms. The van der Waals surface area contributed by atoms with Gasteiger partial charge in [-0.15, -0.1) is 0 Å². The van der Waals surface area contributed by atoms with Crippen LogP contribution < -0.4 is 10.9 Å². The summed E-state index contributed by atoms with van der Waals surface area (Å²) in [5.41, 5.74) is 7.69. The fraction of sp³-hybridized carbons (Fsp3) is 0.312. The van der Waals surface area contributed by atoms with Gasteiger partial charge in [0.1, 0.15) is 0 Å². The van der Waals surface area contributed by atoms with E-state index in [0.717, 1.165) is 30.5 Å². The molecule has 0 radical (unpaired) electrons. The van der Waals surface area contributed by atoms with Crippen LogP contribution in [-0.2, 0) is 6.42 Å². The lowest BCUT2D eigenvalue weighted by Gasteiger charge is -2.06. The highest BCUT2D eigenvalue weighted by Gasteiger charge is 2.26. The van der Waals surface area contributed by atoms with Crippen molar-refractivity contribution < 1.29 is 9.59 Å². The van der Waals surface area contributed by atoms with Crippen LogP contribution in [0, 0.1) is 0 Å². The van der Waals surface area contributed by atoms with E-state index in [1.54, 1.807) is 18.2 Å². The van der Waals surface area contributed by atoms with E-state index in [2.05, 4.69) is 28.0 Å². The molecule has 0 atom stereocenters. The second-order valence-electron chi connectivity index (χ2n) is 5.44. The Morgan fingerprint density at radius 2 is 1.86 bits per heavy atom. The van der Waals surface area contributed by atoms with Gasteiger partial charge in [0, 0.05) is 17.2 Å². The molecular formula is C16H18N4O2. The minimum absolute atomic E-state index is 0.281. The summed E-state index contributed by atoms with van der Waals surface area (Å²) in [5, 5.41) is 6.82. The van der Waals surface area contributed by atoms with E-state index in [1.165, 1.54) is 0 Å². The maximum absolute atomic E-state index is 11.9. The van der Waals surface area contributed by atoms with E-state index in [-0.39, 0.29) is 11.6 Å². The number of carbonyl (C=O) groups excluding carboxylic acids is 2. The molecule has 1 fully saturated rings. The van der Waals surface area contributed by atoms with Crippen LogP contribution in [-0.4, -0.2) is 22.0 Å². The molecular weight excluding hydrogens is 280 g/mol. The molecule has 0 aliphatic heterocycles. The predicted octanol–water partition coefficient (Wildman–Crippen LogP) is 1.92. The molecule has 3 rings (SSSR count). The van der Waals surface area contributed by atoms with Crippen molar-refractivity contribution in [3.8, 4) is 0 Å². The van der Waals surface area contributed by atoms with Crippen molar-refractivity contribution in [1.82, 2.24) is 21.0 Å². The summed E-state index contributed by atoms with van der Waals surface area (Å²) < 4.78 is 0. The largest absolute Gasteiger partial charge is 0.290 e. The van der Waals surface area contributed by atoms with Gasteiger partial charge in [-0.25, -0.2) is 0 Å². The van der Waals surface area contributed by atoms with Crippen LogP contribution in [0.25, 0.3) is 0 Å². The summed E-state index contributed by atoms with van der Waals surface area (Å²) in [5.74, 6) is -0.281.